The Morgan fingerprint density at radius 2 is 2.25 bits per heavy atom. The molecule has 12 heavy (non-hydrogen) atoms. The van der Waals surface area contributed by atoms with E-state index in [0.717, 1.165) is 10.0 Å². The molecule has 0 atom stereocenters. The smallest absolute Gasteiger partial charge is 0.0830 e. The van der Waals surface area contributed by atoms with Crippen molar-refractivity contribution < 1.29 is 4.74 Å². The third-order valence-corrected chi connectivity index (χ3v) is 2.82. The SMILES string of the molecule is CO/C=C/c1cc(Br)ccc1I. The van der Waals surface area contributed by atoms with Gasteiger partial charge in [-0.05, 0) is 52.4 Å². The summed E-state index contributed by atoms with van der Waals surface area (Å²) in [5, 5.41) is 0. The summed E-state index contributed by atoms with van der Waals surface area (Å²) in [5.41, 5.74) is 1.16. The van der Waals surface area contributed by atoms with Crippen molar-refractivity contribution in [1.82, 2.24) is 0 Å². The average Bonchev–Trinajstić information content (AvgIpc) is 2.07. The molecule has 0 aliphatic heterocycles. The molecular weight excluding hydrogens is 331 g/mol. The summed E-state index contributed by atoms with van der Waals surface area (Å²) in [6.07, 6.45) is 3.61. The fourth-order valence-corrected chi connectivity index (χ4v) is 1.68. The Kier molecular flexibility index (Phi) is 4.08. The van der Waals surface area contributed by atoms with Crippen LogP contribution in [0, 0.1) is 3.57 Å². The Balaban J connectivity index is 2.97. The highest BCUT2D eigenvalue weighted by molar-refractivity contribution is 14.1. The Morgan fingerprint density at radius 3 is 2.92 bits per heavy atom. The molecule has 0 radical (unpaired) electrons. The second kappa shape index (κ2) is 4.87. The van der Waals surface area contributed by atoms with Crippen molar-refractivity contribution in [2.24, 2.45) is 0 Å². The van der Waals surface area contributed by atoms with E-state index in [0.29, 0.717) is 0 Å². The van der Waals surface area contributed by atoms with Crippen molar-refractivity contribution in [3.05, 3.63) is 38.1 Å². The highest BCUT2D eigenvalue weighted by Crippen LogP contribution is 2.19. The van der Waals surface area contributed by atoms with Crippen LogP contribution in [0.15, 0.2) is 28.9 Å². The van der Waals surface area contributed by atoms with E-state index >= 15 is 0 Å². The van der Waals surface area contributed by atoms with E-state index in [2.05, 4.69) is 50.7 Å². The molecule has 1 nitrogen and oxygen atoms in total. The molecule has 0 unspecified atom stereocenters. The molecule has 0 aliphatic rings. The minimum absolute atomic E-state index is 1.08. The summed E-state index contributed by atoms with van der Waals surface area (Å²) in [7, 11) is 1.64. The van der Waals surface area contributed by atoms with Gasteiger partial charge in [-0.2, -0.15) is 0 Å². The maximum atomic E-state index is 4.84. The zero-order chi connectivity index (χ0) is 8.97. The summed E-state index contributed by atoms with van der Waals surface area (Å²) < 4.78 is 7.14. The van der Waals surface area contributed by atoms with Gasteiger partial charge in [0.05, 0.1) is 13.4 Å². The van der Waals surface area contributed by atoms with Crippen molar-refractivity contribution in [3.8, 4) is 0 Å². The van der Waals surface area contributed by atoms with Gasteiger partial charge in [0.15, 0.2) is 0 Å². The maximum absolute atomic E-state index is 4.84. The second-order valence-electron chi connectivity index (χ2n) is 2.20. The van der Waals surface area contributed by atoms with Gasteiger partial charge >= 0.3 is 0 Å². The molecule has 0 aromatic heterocycles. The van der Waals surface area contributed by atoms with Crippen molar-refractivity contribution in [2.75, 3.05) is 7.11 Å². The van der Waals surface area contributed by atoms with E-state index in [4.69, 9.17) is 4.74 Å². The van der Waals surface area contributed by atoms with Crippen LogP contribution < -0.4 is 0 Å². The molecule has 1 rings (SSSR count). The Labute approximate surface area is 94.1 Å². The molecular formula is C9H8BrIO. The zero-order valence-corrected chi connectivity index (χ0v) is 10.3. The molecule has 0 bridgehead atoms. The minimum Gasteiger partial charge on any atom is -0.504 e. The highest BCUT2D eigenvalue weighted by atomic mass is 127. The van der Waals surface area contributed by atoms with Crippen molar-refractivity contribution in [1.29, 1.82) is 0 Å². The van der Waals surface area contributed by atoms with Crippen molar-refractivity contribution >= 4 is 44.6 Å². The van der Waals surface area contributed by atoms with Crippen LogP contribution >= 0.6 is 38.5 Å². The Hall–Kier alpha value is -0.0300. The van der Waals surface area contributed by atoms with Crippen LogP contribution in [-0.2, 0) is 4.74 Å². The zero-order valence-electron chi connectivity index (χ0n) is 6.55. The van der Waals surface area contributed by atoms with Crippen LogP contribution in [0.2, 0.25) is 0 Å². The van der Waals surface area contributed by atoms with Gasteiger partial charge in [0, 0.05) is 8.04 Å². The molecule has 0 aliphatic carbocycles. The Morgan fingerprint density at radius 1 is 1.50 bits per heavy atom. The summed E-state index contributed by atoms with van der Waals surface area (Å²) in [5.74, 6) is 0. The molecule has 0 amide bonds. The molecule has 64 valence electrons. The Bertz CT molecular complexity index is 297. The lowest BCUT2D eigenvalue weighted by Gasteiger charge is -1.98. The fourth-order valence-electron chi connectivity index (χ4n) is 0.784. The van der Waals surface area contributed by atoms with E-state index in [1.54, 1.807) is 13.4 Å². The van der Waals surface area contributed by atoms with Gasteiger partial charge < -0.3 is 4.74 Å². The number of ether oxygens (including phenoxy) is 1. The monoisotopic (exact) mass is 338 g/mol. The maximum Gasteiger partial charge on any atom is 0.0830 e. The second-order valence-corrected chi connectivity index (χ2v) is 4.28. The van der Waals surface area contributed by atoms with Crippen LogP contribution in [0.1, 0.15) is 5.56 Å². The van der Waals surface area contributed by atoms with Crippen LogP contribution in [-0.4, -0.2) is 7.11 Å². The van der Waals surface area contributed by atoms with Gasteiger partial charge in [-0.1, -0.05) is 15.9 Å². The molecule has 0 heterocycles. The quantitative estimate of drug-likeness (QED) is 0.590. The first kappa shape index (κ1) is 10.1. The topological polar surface area (TPSA) is 9.23 Å². The number of hydrogen-bond donors (Lipinski definition) is 0. The molecule has 1 aromatic rings. The predicted octanol–water partition coefficient (Wildman–Crippen LogP) is 3.67. The number of rotatable bonds is 2. The van der Waals surface area contributed by atoms with Crippen LogP contribution in [0.4, 0.5) is 0 Å². The average molecular weight is 339 g/mol. The van der Waals surface area contributed by atoms with Gasteiger partial charge in [-0.3, -0.25) is 0 Å². The van der Waals surface area contributed by atoms with E-state index in [9.17, 15) is 0 Å². The highest BCUT2D eigenvalue weighted by Gasteiger charge is 1.95. The fraction of sp³-hybridized carbons (Fsp3) is 0.111. The van der Waals surface area contributed by atoms with Gasteiger partial charge in [0.2, 0.25) is 0 Å². The van der Waals surface area contributed by atoms with E-state index < -0.39 is 0 Å². The normalized spacial score (nSPS) is 10.6. The van der Waals surface area contributed by atoms with Gasteiger partial charge in [0.1, 0.15) is 0 Å². The van der Waals surface area contributed by atoms with E-state index in [1.807, 2.05) is 12.1 Å². The van der Waals surface area contributed by atoms with E-state index in [-0.39, 0.29) is 0 Å². The van der Waals surface area contributed by atoms with Gasteiger partial charge in [-0.25, -0.2) is 0 Å². The first-order chi connectivity index (χ1) is 5.74. The first-order valence-electron chi connectivity index (χ1n) is 3.38. The summed E-state index contributed by atoms with van der Waals surface area (Å²) >= 11 is 5.70. The third kappa shape index (κ3) is 2.79. The molecule has 1 aromatic carbocycles. The summed E-state index contributed by atoms with van der Waals surface area (Å²) in [6.45, 7) is 0. The van der Waals surface area contributed by atoms with Gasteiger partial charge in [-0.15, -0.1) is 0 Å². The summed E-state index contributed by atoms with van der Waals surface area (Å²) in [6, 6.07) is 6.13. The lowest BCUT2D eigenvalue weighted by molar-refractivity contribution is 0.341. The number of benzene rings is 1. The largest absolute Gasteiger partial charge is 0.504 e. The summed E-state index contributed by atoms with van der Waals surface area (Å²) in [4.78, 5) is 0. The van der Waals surface area contributed by atoms with Crippen molar-refractivity contribution in [3.63, 3.8) is 0 Å². The first-order valence-corrected chi connectivity index (χ1v) is 5.25. The molecule has 0 spiro atoms. The lowest BCUT2D eigenvalue weighted by atomic mass is 10.2. The van der Waals surface area contributed by atoms with Crippen molar-refractivity contribution in [2.45, 2.75) is 0 Å². The van der Waals surface area contributed by atoms with Crippen LogP contribution in [0.5, 0.6) is 0 Å². The number of halogens is 2. The third-order valence-electron chi connectivity index (χ3n) is 1.34. The van der Waals surface area contributed by atoms with Crippen LogP contribution in [0.3, 0.4) is 0 Å². The molecule has 0 saturated heterocycles. The standard InChI is InChI=1S/C9H8BrIO/c1-12-5-4-7-6-8(10)2-3-9(7)11/h2-6H,1H3/b5-4+. The number of methoxy groups -OCH3 is 1. The van der Waals surface area contributed by atoms with Crippen LogP contribution in [0.25, 0.3) is 6.08 Å². The molecule has 3 heteroatoms. The van der Waals surface area contributed by atoms with Gasteiger partial charge in [0.25, 0.3) is 0 Å². The minimum atomic E-state index is 1.08. The number of hydrogen-bond acceptors (Lipinski definition) is 1. The predicted molar refractivity (Wildman–Crippen MR) is 62.9 cm³/mol. The molecule has 0 N–H and O–H groups in total. The van der Waals surface area contributed by atoms with E-state index in [1.165, 1.54) is 3.57 Å². The molecule has 0 saturated carbocycles. The molecule has 0 fully saturated rings. The lowest BCUT2D eigenvalue weighted by Crippen LogP contribution is -1.79.